The number of hydrogen-bond acceptors (Lipinski definition) is 6. The number of methoxy groups -OCH3 is 1. The number of amides is 3. The Bertz CT molecular complexity index is 679. The van der Waals surface area contributed by atoms with Crippen molar-refractivity contribution >= 4 is 23.9 Å². The van der Waals surface area contributed by atoms with Crippen molar-refractivity contribution < 1.29 is 28.7 Å². The maximum Gasteiger partial charge on any atom is 0.417 e. The van der Waals surface area contributed by atoms with Crippen LogP contribution in [-0.2, 0) is 14.3 Å². The fourth-order valence-corrected chi connectivity index (χ4v) is 2.63. The topological polar surface area (TPSA) is 93.2 Å². The van der Waals surface area contributed by atoms with Crippen LogP contribution in [0.2, 0.25) is 0 Å². The van der Waals surface area contributed by atoms with Gasteiger partial charge in [-0.1, -0.05) is 12.1 Å². The largest absolute Gasteiger partial charge is 0.465 e. The lowest BCUT2D eigenvalue weighted by molar-refractivity contribution is -0.129. The van der Waals surface area contributed by atoms with Crippen LogP contribution in [0.15, 0.2) is 24.3 Å². The van der Waals surface area contributed by atoms with E-state index in [1.165, 1.54) is 24.1 Å². The number of carbonyl (C=O) groups excluding carboxylic acids is 4. The van der Waals surface area contributed by atoms with Gasteiger partial charge in [-0.25, -0.2) is 14.5 Å². The Morgan fingerprint density at radius 2 is 1.83 bits per heavy atom. The third-order valence-corrected chi connectivity index (χ3v) is 3.86. The number of nitrogens with zero attached hydrogens (tertiary/aromatic N) is 2. The van der Waals surface area contributed by atoms with Gasteiger partial charge < -0.3 is 14.4 Å². The zero-order chi connectivity index (χ0) is 16.6. The summed E-state index contributed by atoms with van der Waals surface area (Å²) in [4.78, 5) is 49.7. The van der Waals surface area contributed by atoms with Crippen LogP contribution in [0.3, 0.4) is 0 Å². The molecule has 0 bridgehead atoms. The monoisotopic (exact) mass is 318 g/mol. The molecule has 8 nitrogen and oxygen atoms in total. The Kier molecular flexibility index (Phi) is 3.73. The summed E-state index contributed by atoms with van der Waals surface area (Å²) in [6.45, 7) is 0.179. The first-order valence-corrected chi connectivity index (χ1v) is 6.98. The predicted octanol–water partition coefficient (Wildman–Crippen LogP) is 0.276. The molecule has 0 N–H and O–H groups in total. The fourth-order valence-electron chi connectivity index (χ4n) is 2.63. The molecule has 1 aromatic rings. The van der Waals surface area contributed by atoms with Gasteiger partial charge in [-0.15, -0.1) is 0 Å². The van der Waals surface area contributed by atoms with Crippen LogP contribution >= 0.6 is 0 Å². The SMILES string of the molecule is COC(=O)c1ccccc1C(=O)N1CC(N2C(=O)COC2=O)C1. The van der Waals surface area contributed by atoms with Gasteiger partial charge in [-0.05, 0) is 12.1 Å². The maximum atomic E-state index is 12.5. The molecule has 0 saturated carbocycles. The van der Waals surface area contributed by atoms with E-state index in [1.54, 1.807) is 12.1 Å². The zero-order valence-electron chi connectivity index (χ0n) is 12.4. The third kappa shape index (κ3) is 2.52. The summed E-state index contributed by atoms with van der Waals surface area (Å²) >= 11 is 0. The van der Waals surface area contributed by atoms with Gasteiger partial charge >= 0.3 is 12.1 Å². The summed E-state index contributed by atoms with van der Waals surface area (Å²) in [5, 5.41) is 0. The van der Waals surface area contributed by atoms with Gasteiger partial charge in [-0.3, -0.25) is 9.59 Å². The second kappa shape index (κ2) is 5.71. The molecule has 8 heteroatoms. The standard InChI is InChI=1S/C15H14N2O6/c1-22-14(20)11-5-3-2-4-10(11)13(19)16-6-9(7-16)17-12(18)8-23-15(17)21/h2-5,9H,6-8H2,1H3. The number of esters is 1. The van der Waals surface area contributed by atoms with Crippen molar-refractivity contribution in [1.29, 1.82) is 0 Å². The molecule has 2 aliphatic heterocycles. The lowest BCUT2D eigenvalue weighted by atomic mass is 10.0. The summed E-state index contributed by atoms with van der Waals surface area (Å²) < 4.78 is 9.32. The van der Waals surface area contributed by atoms with Gasteiger partial charge in [0.2, 0.25) is 0 Å². The first-order valence-electron chi connectivity index (χ1n) is 6.98. The van der Waals surface area contributed by atoms with Gasteiger partial charge in [0.1, 0.15) is 0 Å². The van der Waals surface area contributed by atoms with E-state index >= 15 is 0 Å². The molecule has 3 rings (SSSR count). The molecule has 2 heterocycles. The highest BCUT2D eigenvalue weighted by atomic mass is 16.6. The van der Waals surface area contributed by atoms with Crippen molar-refractivity contribution in [2.75, 3.05) is 26.8 Å². The molecule has 23 heavy (non-hydrogen) atoms. The molecule has 2 aliphatic rings. The summed E-state index contributed by atoms with van der Waals surface area (Å²) in [6.07, 6.45) is -0.679. The highest BCUT2D eigenvalue weighted by Crippen LogP contribution is 2.23. The van der Waals surface area contributed by atoms with E-state index in [9.17, 15) is 19.2 Å². The molecule has 0 radical (unpaired) electrons. The van der Waals surface area contributed by atoms with Crippen molar-refractivity contribution in [3.8, 4) is 0 Å². The van der Waals surface area contributed by atoms with Crippen LogP contribution in [0.5, 0.6) is 0 Å². The van der Waals surface area contributed by atoms with Crippen molar-refractivity contribution in [1.82, 2.24) is 9.80 Å². The average molecular weight is 318 g/mol. The molecular formula is C15H14N2O6. The number of likely N-dealkylation sites (tertiary alicyclic amines) is 1. The third-order valence-electron chi connectivity index (χ3n) is 3.86. The summed E-state index contributed by atoms with van der Waals surface area (Å²) in [7, 11) is 1.24. The molecule has 3 amide bonds. The second-order valence-electron chi connectivity index (χ2n) is 5.22. The van der Waals surface area contributed by atoms with Crippen LogP contribution in [0.4, 0.5) is 4.79 Å². The predicted molar refractivity (Wildman–Crippen MR) is 75.7 cm³/mol. The quantitative estimate of drug-likeness (QED) is 0.743. The normalized spacial score (nSPS) is 17.8. The van der Waals surface area contributed by atoms with E-state index in [0.29, 0.717) is 0 Å². The molecule has 2 fully saturated rings. The minimum Gasteiger partial charge on any atom is -0.465 e. The first-order chi connectivity index (χ1) is 11.0. The molecule has 120 valence electrons. The van der Waals surface area contributed by atoms with Crippen LogP contribution < -0.4 is 0 Å². The molecule has 0 aromatic heterocycles. The highest BCUT2D eigenvalue weighted by Gasteiger charge is 2.44. The maximum absolute atomic E-state index is 12.5. The van der Waals surface area contributed by atoms with E-state index in [1.807, 2.05) is 0 Å². The van der Waals surface area contributed by atoms with Crippen LogP contribution in [0.1, 0.15) is 20.7 Å². The molecule has 1 aromatic carbocycles. The van der Waals surface area contributed by atoms with Crippen LogP contribution in [0.25, 0.3) is 0 Å². The number of cyclic esters (lactones) is 1. The first kappa shape index (κ1) is 15.0. The number of carbonyl (C=O) groups is 4. The molecule has 2 saturated heterocycles. The number of benzene rings is 1. The van der Waals surface area contributed by atoms with Crippen molar-refractivity contribution in [2.24, 2.45) is 0 Å². The Labute approximate surface area is 131 Å². The van der Waals surface area contributed by atoms with Crippen LogP contribution in [-0.4, -0.2) is 66.5 Å². The Balaban J connectivity index is 1.71. The van der Waals surface area contributed by atoms with Gasteiger partial charge in [-0.2, -0.15) is 0 Å². The molecule has 0 aliphatic carbocycles. The minimum atomic E-state index is -0.679. The average Bonchev–Trinajstić information content (AvgIpc) is 2.85. The van der Waals surface area contributed by atoms with E-state index in [-0.39, 0.29) is 42.8 Å². The van der Waals surface area contributed by atoms with E-state index in [4.69, 9.17) is 0 Å². The Hall–Kier alpha value is -2.90. The van der Waals surface area contributed by atoms with Gasteiger partial charge in [0, 0.05) is 13.1 Å². The van der Waals surface area contributed by atoms with Crippen LogP contribution in [0, 0.1) is 0 Å². The molecule has 0 spiro atoms. The number of hydrogen-bond donors (Lipinski definition) is 0. The van der Waals surface area contributed by atoms with Crippen molar-refractivity contribution in [3.05, 3.63) is 35.4 Å². The smallest absolute Gasteiger partial charge is 0.417 e. The lowest BCUT2D eigenvalue weighted by Gasteiger charge is -2.42. The molecule has 0 atom stereocenters. The molecular weight excluding hydrogens is 304 g/mol. The van der Waals surface area contributed by atoms with E-state index < -0.39 is 18.0 Å². The number of imide groups is 1. The van der Waals surface area contributed by atoms with Crippen molar-refractivity contribution in [3.63, 3.8) is 0 Å². The minimum absolute atomic E-state index is 0.181. The van der Waals surface area contributed by atoms with Gasteiger partial charge in [0.15, 0.2) is 6.61 Å². The van der Waals surface area contributed by atoms with E-state index in [0.717, 1.165) is 4.90 Å². The number of rotatable bonds is 3. The van der Waals surface area contributed by atoms with Gasteiger partial charge in [0.05, 0.1) is 24.3 Å². The Morgan fingerprint density at radius 3 is 2.39 bits per heavy atom. The van der Waals surface area contributed by atoms with Gasteiger partial charge in [0.25, 0.3) is 11.8 Å². The van der Waals surface area contributed by atoms with E-state index in [2.05, 4.69) is 9.47 Å². The second-order valence-corrected chi connectivity index (χ2v) is 5.22. The number of ether oxygens (including phenoxy) is 2. The highest BCUT2D eigenvalue weighted by molar-refractivity contribution is 6.06. The molecule has 0 unspecified atom stereocenters. The summed E-state index contributed by atoms with van der Waals surface area (Å²) in [5.74, 6) is -1.34. The fraction of sp³-hybridized carbons (Fsp3) is 0.333. The zero-order valence-corrected chi connectivity index (χ0v) is 12.4. The Morgan fingerprint density at radius 1 is 1.17 bits per heavy atom. The van der Waals surface area contributed by atoms with Crippen molar-refractivity contribution in [2.45, 2.75) is 6.04 Å². The summed E-state index contributed by atoms with van der Waals surface area (Å²) in [5.41, 5.74) is 0.410. The lowest BCUT2D eigenvalue weighted by Crippen LogP contribution is -2.62. The summed E-state index contributed by atoms with van der Waals surface area (Å²) in [6, 6.07) is 5.96.